The van der Waals surface area contributed by atoms with Gasteiger partial charge in [0.1, 0.15) is 0 Å². The van der Waals surface area contributed by atoms with Gasteiger partial charge in [-0.3, -0.25) is 4.43 Å². The minimum Gasteiger partial charge on any atom is -0.398 e. The summed E-state index contributed by atoms with van der Waals surface area (Å²) in [4.78, 5) is 0. The Morgan fingerprint density at radius 1 is 0.415 bits per heavy atom. The topological polar surface area (TPSA) is 148 Å². The summed E-state index contributed by atoms with van der Waals surface area (Å²) in [6.45, 7) is 12.7. The molecular formula is C19H52O16Si6. The Hall–Kier alpha value is 0.661. The van der Waals surface area contributed by atoms with Gasteiger partial charge in [0.2, 0.25) is 0 Å². The minimum atomic E-state index is -3.81. The monoisotopic (exact) mass is 704 g/mol. The maximum absolute atomic E-state index is 6.58. The maximum atomic E-state index is 6.58. The van der Waals surface area contributed by atoms with E-state index in [0.29, 0.717) is 0 Å². The Kier molecular flexibility index (Phi) is 17.1. The highest BCUT2D eigenvalue weighted by Gasteiger charge is 2.59. The number of methoxy groups -OCH3 is 5. The predicted molar refractivity (Wildman–Crippen MR) is 159 cm³/mol. The van der Waals surface area contributed by atoms with Crippen molar-refractivity contribution in [1.29, 1.82) is 0 Å². The molecule has 0 aromatic carbocycles. The smallest absolute Gasteiger partial charge is 0.398 e. The van der Waals surface area contributed by atoms with Crippen molar-refractivity contribution in [3.63, 3.8) is 0 Å². The summed E-state index contributed by atoms with van der Waals surface area (Å²) < 4.78 is 93.4. The molecule has 0 aliphatic heterocycles. The zero-order chi connectivity index (χ0) is 32.4. The summed E-state index contributed by atoms with van der Waals surface area (Å²) in [6, 6.07) is 0. The Bertz CT molecular complexity index is 751. The average molecular weight is 705 g/mol. The molecule has 0 radical (unpaired) electrons. The van der Waals surface area contributed by atoms with Gasteiger partial charge in [-0.1, -0.05) is 0 Å². The second-order valence-corrected chi connectivity index (χ2v) is 28.3. The molecule has 0 amide bonds. The van der Waals surface area contributed by atoms with E-state index in [-0.39, 0.29) is 0 Å². The van der Waals surface area contributed by atoms with Gasteiger partial charge >= 0.3 is 58.5 Å². The third-order valence-corrected chi connectivity index (χ3v) is 26.1. The van der Waals surface area contributed by atoms with Crippen molar-refractivity contribution >= 4 is 52.3 Å². The molecule has 0 aromatic rings. The van der Waals surface area contributed by atoms with Crippen LogP contribution in [0.2, 0.25) is 52.4 Å². The fourth-order valence-corrected chi connectivity index (χ4v) is 25.5. The third-order valence-electron chi connectivity index (χ3n) is 5.39. The van der Waals surface area contributed by atoms with Crippen molar-refractivity contribution in [3.05, 3.63) is 0 Å². The summed E-state index contributed by atoms with van der Waals surface area (Å²) in [5, 5.41) is 0. The van der Waals surface area contributed by atoms with E-state index in [1.54, 1.807) is 46.4 Å². The normalized spacial score (nSPS) is 18.3. The van der Waals surface area contributed by atoms with Crippen LogP contribution in [0, 0.1) is 0 Å². The van der Waals surface area contributed by atoms with Crippen LogP contribution in [-0.2, 0) is 70.8 Å². The molecule has 0 aromatic heterocycles. The van der Waals surface area contributed by atoms with Crippen LogP contribution in [0.25, 0.3) is 0 Å². The predicted octanol–water partition coefficient (Wildman–Crippen LogP) is 2.49. The lowest BCUT2D eigenvalue weighted by Crippen LogP contribution is -2.66. The molecule has 0 rings (SSSR count). The molecule has 16 nitrogen and oxygen atoms in total. The molecule has 0 aliphatic rings. The summed E-state index contributed by atoms with van der Waals surface area (Å²) in [5.41, 5.74) is 0. The van der Waals surface area contributed by atoms with Crippen LogP contribution in [0.1, 0.15) is 0 Å². The summed E-state index contributed by atoms with van der Waals surface area (Å²) in [7, 11) is -7.46. The molecule has 0 spiro atoms. The van der Waals surface area contributed by atoms with Gasteiger partial charge in [0, 0.05) is 90.2 Å². The Morgan fingerprint density at radius 3 is 1.17 bits per heavy atom. The molecule has 0 saturated carbocycles. The van der Waals surface area contributed by atoms with Crippen molar-refractivity contribution in [3.8, 4) is 0 Å². The molecule has 248 valence electrons. The Balaban J connectivity index is 6.59. The zero-order valence-corrected chi connectivity index (χ0v) is 33.6. The molecule has 22 heteroatoms. The molecule has 0 bridgehead atoms. The Labute approximate surface area is 251 Å². The summed E-state index contributed by atoms with van der Waals surface area (Å²) in [6.07, 6.45) is -1.92. The highest BCUT2D eigenvalue weighted by molar-refractivity contribution is 6.87. The van der Waals surface area contributed by atoms with Gasteiger partial charge in [-0.25, -0.2) is 0 Å². The van der Waals surface area contributed by atoms with Crippen LogP contribution in [-0.4, -0.2) is 129 Å². The first-order chi connectivity index (χ1) is 18.7. The SMILES string of the molecule is COC(OC)O[Si](C)(O[Si](C)(C)O[Si](C)(OC(OC)(OC)OC)O[Si](C)(C)OC)O[Si](C)(OC)O[Si](C)(OC)OC. The lowest BCUT2D eigenvalue weighted by Gasteiger charge is -2.44. The first-order valence-electron chi connectivity index (χ1n) is 12.5. The largest absolute Gasteiger partial charge is 0.489 e. The Morgan fingerprint density at radius 2 is 0.805 bits per heavy atom. The van der Waals surface area contributed by atoms with E-state index in [0.717, 1.165) is 0 Å². The van der Waals surface area contributed by atoms with Crippen LogP contribution in [0.4, 0.5) is 0 Å². The first kappa shape index (κ1) is 41.7. The molecule has 0 fully saturated rings. The van der Waals surface area contributed by atoms with Crippen LogP contribution in [0.3, 0.4) is 0 Å². The fourth-order valence-electron chi connectivity index (χ4n) is 3.45. The third kappa shape index (κ3) is 13.7. The average Bonchev–Trinajstić information content (AvgIpc) is 2.89. The zero-order valence-electron chi connectivity index (χ0n) is 27.6. The van der Waals surface area contributed by atoms with E-state index >= 15 is 0 Å². The van der Waals surface area contributed by atoms with Gasteiger partial charge in [-0.2, -0.15) is 0 Å². The van der Waals surface area contributed by atoms with E-state index < -0.39 is 65.0 Å². The molecule has 41 heavy (non-hydrogen) atoms. The molecule has 0 aliphatic carbocycles. The van der Waals surface area contributed by atoms with Crippen molar-refractivity contribution in [2.24, 2.45) is 0 Å². The second kappa shape index (κ2) is 16.8. The maximum Gasteiger partial charge on any atom is 0.489 e. The van der Waals surface area contributed by atoms with Gasteiger partial charge in [0.25, 0.3) is 6.48 Å². The standard InChI is InChI=1S/C19H52O16Si6/c1-20-18(21-2)29-40(16,35-39(15,28-9)34-38(14,26-7)27-8)32-37(12,13)33-41(17,31-36(10,11)25-6)30-19(22-3,23-4)24-5/h18H,1-17H3. The van der Waals surface area contributed by atoms with Crippen molar-refractivity contribution < 1.29 is 70.8 Å². The number of rotatable bonds is 23. The highest BCUT2D eigenvalue weighted by atomic mass is 28.5. The van der Waals surface area contributed by atoms with E-state index in [1.165, 1.54) is 56.9 Å². The van der Waals surface area contributed by atoms with Crippen LogP contribution >= 0.6 is 0 Å². The van der Waals surface area contributed by atoms with Crippen molar-refractivity contribution in [2.75, 3.05) is 64.0 Å². The minimum absolute atomic E-state index is 1.14. The molecule has 3 atom stereocenters. The highest BCUT2D eigenvalue weighted by Crippen LogP contribution is 2.32. The van der Waals surface area contributed by atoms with Crippen LogP contribution in [0.15, 0.2) is 0 Å². The van der Waals surface area contributed by atoms with Gasteiger partial charge in [0.15, 0.2) is 0 Å². The molecular weight excluding hydrogens is 653 g/mol. The van der Waals surface area contributed by atoms with Gasteiger partial charge < -0.3 is 66.4 Å². The lowest BCUT2D eigenvalue weighted by atomic mass is 11.0. The lowest BCUT2D eigenvalue weighted by molar-refractivity contribution is -0.458. The summed E-state index contributed by atoms with van der Waals surface area (Å²) in [5.74, 6) is 0. The van der Waals surface area contributed by atoms with E-state index in [4.69, 9.17) is 70.8 Å². The van der Waals surface area contributed by atoms with E-state index in [9.17, 15) is 0 Å². The van der Waals surface area contributed by atoms with Gasteiger partial charge in [-0.05, 0) is 26.2 Å². The molecule has 0 heterocycles. The summed E-state index contributed by atoms with van der Waals surface area (Å²) >= 11 is 0. The molecule has 0 saturated heterocycles. The van der Waals surface area contributed by atoms with Crippen molar-refractivity contribution in [1.82, 2.24) is 0 Å². The quantitative estimate of drug-likeness (QED) is 0.113. The molecule has 3 unspecified atom stereocenters. The van der Waals surface area contributed by atoms with E-state index in [2.05, 4.69) is 0 Å². The second-order valence-electron chi connectivity index (χ2n) is 9.67. The fraction of sp³-hybridized carbons (Fsp3) is 1.00. The van der Waals surface area contributed by atoms with Gasteiger partial charge in [0.05, 0.1) is 0 Å². The van der Waals surface area contributed by atoms with Gasteiger partial charge in [-0.15, -0.1) is 0 Å². The number of hydrogen-bond donors (Lipinski definition) is 0. The van der Waals surface area contributed by atoms with Crippen LogP contribution < -0.4 is 0 Å². The first-order valence-corrected chi connectivity index (χ1v) is 27.0. The number of ether oxygens (including phenoxy) is 5. The van der Waals surface area contributed by atoms with E-state index in [1.807, 2.05) is 13.1 Å². The number of hydrogen-bond acceptors (Lipinski definition) is 16. The molecule has 0 N–H and O–H groups in total. The van der Waals surface area contributed by atoms with Crippen LogP contribution in [0.5, 0.6) is 0 Å². The van der Waals surface area contributed by atoms with Crippen molar-refractivity contribution in [2.45, 2.75) is 65.0 Å².